The predicted molar refractivity (Wildman–Crippen MR) is 108 cm³/mol. The molecule has 7 nitrogen and oxygen atoms in total. The summed E-state index contributed by atoms with van der Waals surface area (Å²) in [6.07, 6.45) is 10.4. The molecule has 1 saturated carbocycles. The van der Waals surface area contributed by atoms with Crippen LogP contribution in [0.25, 0.3) is 17.0 Å². The van der Waals surface area contributed by atoms with E-state index in [0.29, 0.717) is 5.92 Å². The second-order valence-corrected chi connectivity index (χ2v) is 7.32. The standard InChI is InChI=1S/C21H23N7/c1-2-6-17(7-3-1)21-25-24-19-14-18(16-8-4-9-16)20(26-28(19)21)23-10-5-12-27-13-11-22-15-27/h1-3,6-7,11,13-16H,4-5,8-10,12H2,(H,23,26). The Morgan fingerprint density at radius 3 is 2.75 bits per heavy atom. The lowest BCUT2D eigenvalue weighted by molar-refractivity contribution is 0.419. The predicted octanol–water partition coefficient (Wildman–Crippen LogP) is 3.76. The molecule has 1 aliphatic carbocycles. The summed E-state index contributed by atoms with van der Waals surface area (Å²) in [5.74, 6) is 2.31. The van der Waals surface area contributed by atoms with Gasteiger partial charge in [0.05, 0.1) is 6.33 Å². The van der Waals surface area contributed by atoms with Crippen LogP contribution in [0.1, 0.15) is 37.2 Å². The highest BCUT2D eigenvalue weighted by Crippen LogP contribution is 2.39. The quantitative estimate of drug-likeness (QED) is 0.499. The Balaban J connectivity index is 1.43. The Bertz CT molecular complexity index is 1050. The van der Waals surface area contributed by atoms with Crippen molar-refractivity contribution in [1.29, 1.82) is 0 Å². The summed E-state index contributed by atoms with van der Waals surface area (Å²) in [4.78, 5) is 4.09. The molecule has 1 N–H and O–H groups in total. The van der Waals surface area contributed by atoms with Crippen LogP contribution in [0.4, 0.5) is 5.82 Å². The summed E-state index contributed by atoms with van der Waals surface area (Å²) in [6, 6.07) is 12.3. The van der Waals surface area contributed by atoms with E-state index in [0.717, 1.165) is 42.4 Å². The molecular formula is C21H23N7. The number of nitrogens with one attached hydrogen (secondary N) is 1. The molecule has 0 unspecified atom stereocenters. The molecule has 1 aliphatic rings. The van der Waals surface area contributed by atoms with Crippen molar-refractivity contribution in [3.63, 3.8) is 0 Å². The molecule has 3 aromatic heterocycles. The van der Waals surface area contributed by atoms with Crippen molar-refractivity contribution < 1.29 is 0 Å². The molecule has 0 radical (unpaired) electrons. The topological polar surface area (TPSA) is 72.9 Å². The van der Waals surface area contributed by atoms with Gasteiger partial charge in [-0.15, -0.1) is 15.3 Å². The molecule has 0 saturated heterocycles. The number of hydrogen-bond donors (Lipinski definition) is 1. The highest BCUT2D eigenvalue weighted by molar-refractivity contribution is 5.61. The van der Waals surface area contributed by atoms with Crippen LogP contribution in [-0.2, 0) is 6.54 Å². The molecule has 7 heteroatoms. The number of aryl methyl sites for hydroxylation is 1. The van der Waals surface area contributed by atoms with Gasteiger partial charge in [0.2, 0.25) is 0 Å². The van der Waals surface area contributed by atoms with Crippen LogP contribution in [-0.4, -0.2) is 35.9 Å². The van der Waals surface area contributed by atoms with Gasteiger partial charge < -0.3 is 9.88 Å². The van der Waals surface area contributed by atoms with Crippen molar-refractivity contribution in [3.8, 4) is 11.4 Å². The van der Waals surface area contributed by atoms with Crippen LogP contribution in [0.15, 0.2) is 55.1 Å². The summed E-state index contributed by atoms with van der Waals surface area (Å²) in [6.45, 7) is 1.80. The molecule has 4 aromatic rings. The minimum Gasteiger partial charge on any atom is -0.368 e. The maximum Gasteiger partial charge on any atom is 0.185 e. The third-order valence-electron chi connectivity index (χ3n) is 5.44. The van der Waals surface area contributed by atoms with E-state index in [1.807, 2.05) is 53.6 Å². The number of aromatic nitrogens is 6. The Morgan fingerprint density at radius 2 is 2.00 bits per heavy atom. The smallest absolute Gasteiger partial charge is 0.185 e. The van der Waals surface area contributed by atoms with Gasteiger partial charge in [0.25, 0.3) is 0 Å². The second kappa shape index (κ2) is 7.42. The highest BCUT2D eigenvalue weighted by atomic mass is 15.4. The zero-order valence-electron chi connectivity index (χ0n) is 15.7. The maximum absolute atomic E-state index is 4.91. The molecule has 5 rings (SSSR count). The van der Waals surface area contributed by atoms with E-state index in [4.69, 9.17) is 5.10 Å². The maximum atomic E-state index is 4.91. The van der Waals surface area contributed by atoms with Crippen molar-refractivity contribution in [2.24, 2.45) is 0 Å². The first-order valence-corrected chi connectivity index (χ1v) is 9.90. The zero-order chi connectivity index (χ0) is 18.8. The molecule has 0 atom stereocenters. The van der Waals surface area contributed by atoms with Crippen molar-refractivity contribution in [3.05, 3.63) is 60.7 Å². The van der Waals surface area contributed by atoms with E-state index in [2.05, 4.69) is 31.1 Å². The first kappa shape index (κ1) is 16.9. The normalized spacial score (nSPS) is 14.3. The number of nitrogens with zero attached hydrogens (tertiary/aromatic N) is 6. The highest BCUT2D eigenvalue weighted by Gasteiger charge is 2.25. The Labute approximate surface area is 163 Å². The molecule has 0 bridgehead atoms. The molecule has 1 aromatic carbocycles. The fourth-order valence-corrected chi connectivity index (χ4v) is 3.67. The van der Waals surface area contributed by atoms with E-state index < -0.39 is 0 Å². The summed E-state index contributed by atoms with van der Waals surface area (Å²) >= 11 is 0. The first-order valence-electron chi connectivity index (χ1n) is 9.90. The van der Waals surface area contributed by atoms with E-state index in [9.17, 15) is 0 Å². The number of rotatable bonds is 7. The lowest BCUT2D eigenvalue weighted by atomic mass is 9.80. The number of fused-ring (bicyclic) bond motifs is 1. The minimum absolute atomic E-state index is 0.575. The molecular weight excluding hydrogens is 350 g/mol. The van der Waals surface area contributed by atoms with Crippen molar-refractivity contribution in [2.75, 3.05) is 11.9 Å². The zero-order valence-corrected chi connectivity index (χ0v) is 15.7. The summed E-state index contributed by atoms with van der Waals surface area (Å²) in [5, 5.41) is 17.2. The molecule has 142 valence electrons. The van der Waals surface area contributed by atoms with Gasteiger partial charge in [0.15, 0.2) is 17.3 Å². The lowest BCUT2D eigenvalue weighted by Crippen LogP contribution is -2.16. The van der Waals surface area contributed by atoms with Gasteiger partial charge >= 0.3 is 0 Å². The SMILES string of the molecule is c1ccc(-c2nnc3cc(C4CCC4)c(NCCCn4ccnc4)nn23)cc1. The van der Waals surface area contributed by atoms with Gasteiger partial charge in [-0.2, -0.15) is 4.52 Å². The van der Waals surface area contributed by atoms with E-state index in [-0.39, 0.29) is 0 Å². The molecule has 0 aliphatic heterocycles. The van der Waals surface area contributed by atoms with Crippen molar-refractivity contribution >= 4 is 11.5 Å². The fourth-order valence-electron chi connectivity index (χ4n) is 3.67. The molecule has 3 heterocycles. The molecule has 0 spiro atoms. The molecule has 0 amide bonds. The largest absolute Gasteiger partial charge is 0.368 e. The van der Waals surface area contributed by atoms with Gasteiger partial charge in [-0.3, -0.25) is 0 Å². The van der Waals surface area contributed by atoms with Crippen molar-refractivity contribution in [2.45, 2.75) is 38.1 Å². The summed E-state index contributed by atoms with van der Waals surface area (Å²) in [5.41, 5.74) is 3.10. The Morgan fingerprint density at radius 1 is 1.11 bits per heavy atom. The summed E-state index contributed by atoms with van der Waals surface area (Å²) < 4.78 is 3.95. The van der Waals surface area contributed by atoms with Gasteiger partial charge in [-0.25, -0.2) is 4.98 Å². The Hall–Kier alpha value is -3.22. The number of hydrogen-bond acceptors (Lipinski definition) is 5. The van der Waals surface area contributed by atoms with Gasteiger partial charge in [0, 0.05) is 36.6 Å². The average Bonchev–Trinajstić information content (AvgIpc) is 3.34. The molecule has 28 heavy (non-hydrogen) atoms. The number of imidazole rings is 1. The van der Waals surface area contributed by atoms with E-state index >= 15 is 0 Å². The number of benzene rings is 1. The monoisotopic (exact) mass is 373 g/mol. The van der Waals surface area contributed by atoms with Crippen LogP contribution < -0.4 is 5.32 Å². The van der Waals surface area contributed by atoms with Gasteiger partial charge in [0.1, 0.15) is 0 Å². The minimum atomic E-state index is 0.575. The third kappa shape index (κ3) is 3.24. The van der Waals surface area contributed by atoms with Crippen molar-refractivity contribution in [1.82, 2.24) is 29.4 Å². The van der Waals surface area contributed by atoms with Crippen LogP contribution in [0, 0.1) is 0 Å². The van der Waals surface area contributed by atoms with Crippen LogP contribution in [0.3, 0.4) is 0 Å². The van der Waals surface area contributed by atoms with E-state index in [1.54, 1.807) is 0 Å². The van der Waals surface area contributed by atoms with Gasteiger partial charge in [-0.05, 0) is 31.2 Å². The lowest BCUT2D eigenvalue weighted by Gasteiger charge is -2.27. The summed E-state index contributed by atoms with van der Waals surface area (Å²) in [7, 11) is 0. The second-order valence-electron chi connectivity index (χ2n) is 7.32. The third-order valence-corrected chi connectivity index (χ3v) is 5.44. The molecule has 1 fully saturated rings. The first-order chi connectivity index (χ1) is 13.9. The Kier molecular flexibility index (Phi) is 4.48. The van der Waals surface area contributed by atoms with Crippen LogP contribution in [0.2, 0.25) is 0 Å². The van der Waals surface area contributed by atoms with E-state index in [1.165, 1.54) is 24.8 Å². The number of anilines is 1. The average molecular weight is 373 g/mol. The van der Waals surface area contributed by atoms with Crippen LogP contribution >= 0.6 is 0 Å². The van der Waals surface area contributed by atoms with Crippen LogP contribution in [0.5, 0.6) is 0 Å². The fraction of sp³-hybridized carbons (Fsp3) is 0.333. The van der Waals surface area contributed by atoms with Gasteiger partial charge in [-0.1, -0.05) is 36.8 Å².